The quantitative estimate of drug-likeness (QED) is 0.521. The molecule has 0 saturated heterocycles. The van der Waals surface area contributed by atoms with Gasteiger partial charge in [-0.3, -0.25) is 0 Å². The van der Waals surface area contributed by atoms with Crippen molar-refractivity contribution in [3.63, 3.8) is 0 Å². The molecule has 2 heterocycles. The van der Waals surface area contributed by atoms with Gasteiger partial charge in [-0.1, -0.05) is 37.1 Å². The molecule has 0 spiro atoms. The minimum absolute atomic E-state index is 0.0541. The van der Waals surface area contributed by atoms with E-state index in [0.29, 0.717) is 5.71 Å². The number of benzene rings is 1. The molecular weight excluding hydrogens is 278 g/mol. The lowest BCUT2D eigenvalue weighted by Crippen LogP contribution is -2.39. The molecule has 1 aliphatic heterocycles. The van der Waals surface area contributed by atoms with Gasteiger partial charge in [0.05, 0.1) is 6.33 Å². The maximum absolute atomic E-state index is 9.60. The van der Waals surface area contributed by atoms with E-state index in [4.69, 9.17) is 4.74 Å². The Morgan fingerprint density at radius 2 is 2.18 bits per heavy atom. The average Bonchev–Trinajstić information content (AvgIpc) is 3.07. The van der Waals surface area contributed by atoms with Gasteiger partial charge in [-0.25, -0.2) is 4.98 Å². The average molecular weight is 299 g/mol. The molecular formula is C17H21N3O2. The van der Waals surface area contributed by atoms with Crippen LogP contribution >= 0.6 is 0 Å². The van der Waals surface area contributed by atoms with E-state index >= 15 is 0 Å². The monoisotopic (exact) mass is 299 g/mol. The van der Waals surface area contributed by atoms with Gasteiger partial charge in [-0.15, -0.1) is 0 Å². The fraction of sp³-hybridized carbons (Fsp3) is 0.412. The topological polar surface area (TPSA) is 59.6 Å². The number of rotatable bonds is 5. The van der Waals surface area contributed by atoms with Gasteiger partial charge in [0, 0.05) is 18.0 Å². The normalized spacial score (nSPS) is 22.3. The molecule has 1 aromatic heterocycles. The van der Waals surface area contributed by atoms with Crippen LogP contribution in [0.4, 0.5) is 0 Å². The van der Waals surface area contributed by atoms with E-state index in [9.17, 15) is 5.21 Å². The highest BCUT2D eigenvalue weighted by Crippen LogP contribution is 2.35. The smallest absolute Gasteiger partial charge is 0.129 e. The Morgan fingerprint density at radius 1 is 1.32 bits per heavy atom. The van der Waals surface area contributed by atoms with Gasteiger partial charge in [0.25, 0.3) is 0 Å². The minimum atomic E-state index is -0.153. The maximum Gasteiger partial charge on any atom is 0.129 e. The highest BCUT2D eigenvalue weighted by Gasteiger charge is 2.36. The number of oxime groups is 1. The second-order valence-corrected chi connectivity index (χ2v) is 5.59. The molecule has 2 atom stereocenters. The standard InChI is InChI=1S/C17H21N3O2/c1-2-3-4-9-15-17(20-11-10-18-12-20)16(19-21)13-7-5-6-8-14(13)22-15/h5-8,10-12,15,17,21H,2-4,9H2,1H3/b19-16+/t15-,17?/m1/s1. The molecule has 1 unspecified atom stereocenters. The van der Waals surface area contributed by atoms with Crippen LogP contribution < -0.4 is 4.74 Å². The van der Waals surface area contributed by atoms with Crippen LogP contribution in [0, 0.1) is 0 Å². The number of hydrogen-bond donors (Lipinski definition) is 1. The molecule has 1 aliphatic rings. The third-order valence-corrected chi connectivity index (χ3v) is 4.12. The highest BCUT2D eigenvalue weighted by molar-refractivity contribution is 6.06. The van der Waals surface area contributed by atoms with E-state index in [0.717, 1.165) is 24.2 Å². The number of nitrogens with zero attached hydrogens (tertiary/aromatic N) is 3. The zero-order chi connectivity index (χ0) is 15.4. The van der Waals surface area contributed by atoms with Crippen LogP contribution in [-0.4, -0.2) is 26.6 Å². The van der Waals surface area contributed by atoms with Gasteiger partial charge in [0.1, 0.15) is 23.6 Å². The van der Waals surface area contributed by atoms with Crippen molar-refractivity contribution in [3.05, 3.63) is 48.5 Å². The van der Waals surface area contributed by atoms with Crippen LogP contribution in [0.3, 0.4) is 0 Å². The van der Waals surface area contributed by atoms with E-state index in [1.807, 2.05) is 35.0 Å². The Balaban J connectivity index is 1.97. The molecule has 116 valence electrons. The molecule has 1 aromatic carbocycles. The van der Waals surface area contributed by atoms with Crippen LogP contribution in [0.5, 0.6) is 5.75 Å². The van der Waals surface area contributed by atoms with Gasteiger partial charge in [0.15, 0.2) is 0 Å². The minimum Gasteiger partial charge on any atom is -0.487 e. The van der Waals surface area contributed by atoms with Crippen LogP contribution in [0.25, 0.3) is 0 Å². The number of para-hydroxylation sites is 1. The summed E-state index contributed by atoms with van der Waals surface area (Å²) in [7, 11) is 0. The van der Waals surface area contributed by atoms with Crippen molar-refractivity contribution in [1.82, 2.24) is 9.55 Å². The lowest BCUT2D eigenvalue weighted by molar-refractivity contribution is 0.142. The second kappa shape index (κ2) is 6.64. The van der Waals surface area contributed by atoms with E-state index < -0.39 is 0 Å². The zero-order valence-electron chi connectivity index (χ0n) is 12.7. The first kappa shape index (κ1) is 14.6. The Hall–Kier alpha value is -2.30. The summed E-state index contributed by atoms with van der Waals surface area (Å²) in [6.07, 6.45) is 9.67. The summed E-state index contributed by atoms with van der Waals surface area (Å²) in [6, 6.07) is 7.57. The Labute approximate surface area is 130 Å². The second-order valence-electron chi connectivity index (χ2n) is 5.59. The Bertz CT molecular complexity index is 637. The van der Waals surface area contributed by atoms with Crippen molar-refractivity contribution >= 4 is 5.71 Å². The summed E-state index contributed by atoms with van der Waals surface area (Å²) in [5.41, 5.74) is 1.48. The first-order valence-electron chi connectivity index (χ1n) is 7.80. The van der Waals surface area contributed by atoms with Crippen LogP contribution in [0.2, 0.25) is 0 Å². The first-order valence-corrected chi connectivity index (χ1v) is 7.80. The molecule has 2 aromatic rings. The van der Waals surface area contributed by atoms with Crippen molar-refractivity contribution in [1.29, 1.82) is 0 Å². The van der Waals surface area contributed by atoms with Crippen LogP contribution in [0.15, 0.2) is 48.1 Å². The predicted molar refractivity (Wildman–Crippen MR) is 84.6 cm³/mol. The Kier molecular flexibility index (Phi) is 4.42. The largest absolute Gasteiger partial charge is 0.487 e. The van der Waals surface area contributed by atoms with Gasteiger partial charge in [-0.2, -0.15) is 0 Å². The molecule has 3 rings (SSSR count). The number of unbranched alkanes of at least 4 members (excludes halogenated alkanes) is 2. The Morgan fingerprint density at radius 3 is 2.91 bits per heavy atom. The number of imidazole rings is 1. The number of aromatic nitrogens is 2. The molecule has 1 N–H and O–H groups in total. The van der Waals surface area contributed by atoms with Crippen LogP contribution in [0.1, 0.15) is 44.2 Å². The third-order valence-electron chi connectivity index (χ3n) is 4.12. The molecule has 5 heteroatoms. The lowest BCUT2D eigenvalue weighted by Gasteiger charge is -2.34. The summed E-state index contributed by atoms with van der Waals surface area (Å²) in [6.45, 7) is 2.19. The molecule has 0 radical (unpaired) electrons. The predicted octanol–water partition coefficient (Wildman–Crippen LogP) is 3.64. The maximum atomic E-state index is 9.60. The highest BCUT2D eigenvalue weighted by atomic mass is 16.5. The molecule has 0 aliphatic carbocycles. The fourth-order valence-corrected chi connectivity index (χ4v) is 3.04. The number of hydrogen-bond acceptors (Lipinski definition) is 4. The number of ether oxygens (including phenoxy) is 1. The van der Waals surface area contributed by atoms with Crippen molar-refractivity contribution in [3.8, 4) is 5.75 Å². The summed E-state index contributed by atoms with van der Waals surface area (Å²) >= 11 is 0. The van der Waals surface area contributed by atoms with Crippen molar-refractivity contribution in [2.24, 2.45) is 5.16 Å². The molecule has 22 heavy (non-hydrogen) atoms. The van der Waals surface area contributed by atoms with E-state index in [1.54, 1.807) is 12.5 Å². The molecule has 0 fully saturated rings. The van der Waals surface area contributed by atoms with E-state index in [2.05, 4.69) is 17.1 Å². The van der Waals surface area contributed by atoms with Crippen molar-refractivity contribution in [2.45, 2.75) is 44.8 Å². The SMILES string of the molecule is CCCCC[C@H]1Oc2ccccc2/C(=N\O)C1n1ccnc1. The third kappa shape index (κ3) is 2.71. The van der Waals surface area contributed by atoms with Crippen LogP contribution in [-0.2, 0) is 0 Å². The first-order chi connectivity index (χ1) is 10.8. The van der Waals surface area contributed by atoms with Gasteiger partial charge in [0.2, 0.25) is 0 Å². The molecule has 0 saturated carbocycles. The number of fused-ring (bicyclic) bond motifs is 1. The van der Waals surface area contributed by atoms with E-state index in [-0.39, 0.29) is 12.1 Å². The summed E-state index contributed by atoms with van der Waals surface area (Å²) in [4.78, 5) is 4.12. The van der Waals surface area contributed by atoms with Gasteiger partial charge < -0.3 is 14.5 Å². The van der Waals surface area contributed by atoms with Gasteiger partial charge >= 0.3 is 0 Å². The molecule has 0 bridgehead atoms. The lowest BCUT2D eigenvalue weighted by atomic mass is 9.91. The van der Waals surface area contributed by atoms with Gasteiger partial charge in [-0.05, 0) is 25.0 Å². The van der Waals surface area contributed by atoms with Crippen molar-refractivity contribution < 1.29 is 9.94 Å². The van der Waals surface area contributed by atoms with Crippen molar-refractivity contribution in [2.75, 3.05) is 0 Å². The summed E-state index contributed by atoms with van der Waals surface area (Å²) < 4.78 is 8.17. The molecule has 0 amide bonds. The summed E-state index contributed by atoms with van der Waals surface area (Å²) in [5.74, 6) is 0.785. The zero-order valence-corrected chi connectivity index (χ0v) is 12.7. The summed E-state index contributed by atoms with van der Waals surface area (Å²) in [5, 5.41) is 13.2. The fourth-order valence-electron chi connectivity index (χ4n) is 3.04. The van der Waals surface area contributed by atoms with E-state index in [1.165, 1.54) is 12.8 Å². The molecule has 5 nitrogen and oxygen atoms in total.